The molecule has 7 N–H and O–H groups in total. The molecule has 75 heavy (non-hydrogen) atoms. The van der Waals surface area contributed by atoms with E-state index in [2.05, 4.69) is 36.4 Å². The number of hydrogen-bond donors (Lipinski definition) is 7. The van der Waals surface area contributed by atoms with Gasteiger partial charge in [0.1, 0.15) is 36.5 Å². The van der Waals surface area contributed by atoms with Crippen molar-refractivity contribution < 1.29 is 131 Å². The van der Waals surface area contributed by atoms with Crippen molar-refractivity contribution in [2.24, 2.45) is 20.5 Å². The number of nitrogens with one attached hydrogen (secondary N) is 3. The van der Waals surface area contributed by atoms with Crippen LogP contribution < -0.4 is 75.1 Å². The number of nitrogens with zero attached hydrogens (tertiary/aromatic N) is 4. The van der Waals surface area contributed by atoms with Crippen LogP contribution >= 0.6 is 0 Å². The van der Waals surface area contributed by atoms with E-state index in [4.69, 9.17) is 0 Å². The Labute approximate surface area is 470 Å². The molecule has 0 aliphatic carbocycles. The zero-order chi connectivity index (χ0) is 52.6. The molecule has 8 aromatic rings. The van der Waals surface area contributed by atoms with E-state index in [1.165, 1.54) is 84.9 Å². The summed E-state index contributed by atoms with van der Waals surface area (Å²) in [5.74, 6) is -3.52. The molecule has 0 atom stereocenters. The second-order valence-electron chi connectivity index (χ2n) is 15.4. The van der Waals surface area contributed by atoms with Crippen LogP contribution in [-0.2, 0) is 40.5 Å². The maximum Gasteiger partial charge on any atom is 1.00 e. The third kappa shape index (κ3) is 13.3. The fourth-order valence-corrected chi connectivity index (χ4v) is 9.54. The molecule has 2 amide bonds. The van der Waals surface area contributed by atoms with E-state index < -0.39 is 106 Å². The summed E-state index contributed by atoms with van der Waals surface area (Å²) in [6.07, 6.45) is 0. The number of carbonyl (C=O) groups is 2. The van der Waals surface area contributed by atoms with Crippen LogP contribution in [0.5, 0.6) is 11.5 Å². The van der Waals surface area contributed by atoms with Gasteiger partial charge in [-0.3, -0.25) is 18.7 Å². The predicted molar refractivity (Wildman–Crippen MR) is 260 cm³/mol. The van der Waals surface area contributed by atoms with Crippen molar-refractivity contribution in [2.75, 3.05) is 16.0 Å². The first-order valence-electron chi connectivity index (χ1n) is 20.4. The monoisotopic (exact) mass is 1110 g/mol. The molecule has 29 heteroatoms. The van der Waals surface area contributed by atoms with Gasteiger partial charge in [0.25, 0.3) is 32.1 Å². The van der Waals surface area contributed by atoms with Crippen LogP contribution in [0, 0.1) is 0 Å². The molecule has 0 fully saturated rings. The van der Waals surface area contributed by atoms with Gasteiger partial charge in [-0.25, -0.2) is 16.8 Å². The molecule has 23 nitrogen and oxygen atoms in total. The normalized spacial score (nSPS) is 12.1. The molecule has 372 valence electrons. The molecule has 0 radical (unpaired) electrons. The number of carbonyl (C=O) groups excluding carboxylic acids is 2. The zero-order valence-corrected chi connectivity index (χ0v) is 45.7. The summed E-state index contributed by atoms with van der Waals surface area (Å²) < 4.78 is 143. The summed E-state index contributed by atoms with van der Waals surface area (Å²) in [4.78, 5) is 22.3. The molecule has 0 unspecified atom stereocenters. The molecule has 0 heterocycles. The van der Waals surface area contributed by atoms with E-state index in [0.29, 0.717) is 17.4 Å². The molecule has 0 aliphatic heterocycles. The standard InChI is InChI=1S/C46H33N7O16S4.2Na/c54-43-39-27(19-33(70(58,59)60)23-35(39)48-45(56)25-7-3-1-4-8-25)21-37(72(64,65)66)41(43)52-50-31-15-11-29(12-16-31)47-30-13-17-32(18-14-30)51-53-42-38(73(67,68)69)22-28-20-34(71(61,62)63)24-36(40(28)44(42)55)49-46(57)26-9-5-2-6-10-26;;/h1-24,47,54-55H,(H,48,56)(H,49,57)(H,58,59,60)(H,61,62,63)(H,64,65,66)(H,67,68,69);;/q;2*+1/p-2. The van der Waals surface area contributed by atoms with Gasteiger partial charge in [0, 0.05) is 33.3 Å². The molecular weight excluding hydrogens is 1080 g/mol. The number of azo groups is 2. The van der Waals surface area contributed by atoms with Crippen molar-refractivity contribution in [3.63, 3.8) is 0 Å². The minimum absolute atomic E-state index is 0. The van der Waals surface area contributed by atoms with E-state index in [0.717, 1.165) is 30.3 Å². The van der Waals surface area contributed by atoms with Crippen LogP contribution in [-0.4, -0.2) is 73.9 Å². The maximum absolute atomic E-state index is 13.1. The summed E-state index contributed by atoms with van der Waals surface area (Å²) >= 11 is 0. The average molecular weight is 1110 g/mol. The fourth-order valence-electron chi connectivity index (χ4n) is 7.16. The van der Waals surface area contributed by atoms with Gasteiger partial charge in [-0.1, -0.05) is 36.4 Å². The molecule has 0 aromatic heterocycles. The molecule has 0 spiro atoms. The first kappa shape index (κ1) is 57.7. The summed E-state index contributed by atoms with van der Waals surface area (Å²) in [5.41, 5.74) is -1.24. The number of fused-ring (bicyclic) bond motifs is 2. The number of anilines is 4. The minimum atomic E-state index is -5.46. The van der Waals surface area contributed by atoms with E-state index >= 15 is 0 Å². The first-order chi connectivity index (χ1) is 34.3. The van der Waals surface area contributed by atoms with Crippen LogP contribution in [0.3, 0.4) is 0 Å². The number of amides is 2. The molecule has 8 rings (SSSR count). The number of benzene rings is 8. The molecule has 0 saturated carbocycles. The van der Waals surface area contributed by atoms with E-state index in [1.54, 1.807) is 24.3 Å². The number of phenols is 2. The summed E-state index contributed by atoms with van der Waals surface area (Å²) in [6.45, 7) is 0. The number of aromatic hydroxyl groups is 2. The summed E-state index contributed by atoms with van der Waals surface area (Å²) in [7, 11) is -20.8. The number of phenolic OH excluding ortho intramolecular Hbond substituents is 2. The van der Waals surface area contributed by atoms with Crippen LogP contribution in [0.1, 0.15) is 20.7 Å². The Morgan fingerprint density at radius 2 is 0.840 bits per heavy atom. The Hall–Kier alpha value is -6.54. The molecule has 0 aliphatic rings. The fraction of sp³-hybridized carbons (Fsp3) is 0. The van der Waals surface area contributed by atoms with Gasteiger partial charge in [-0.15, -0.1) is 10.2 Å². The maximum atomic E-state index is 13.1. The van der Waals surface area contributed by atoms with Crippen LogP contribution in [0.4, 0.5) is 45.5 Å². The Bertz CT molecular complexity index is 3840. The van der Waals surface area contributed by atoms with Crippen molar-refractivity contribution in [3.05, 3.63) is 157 Å². The quantitative estimate of drug-likeness (QED) is 0.0467. The molecular formula is C46H31N7Na2O16S4. The van der Waals surface area contributed by atoms with Gasteiger partial charge in [-0.2, -0.15) is 27.1 Å². The van der Waals surface area contributed by atoms with Crippen molar-refractivity contribution >= 4 is 119 Å². The molecule has 0 bridgehead atoms. The largest absolute Gasteiger partial charge is 1.00 e. The Kier molecular flexibility index (Phi) is 17.5. The van der Waals surface area contributed by atoms with Crippen molar-refractivity contribution in [1.29, 1.82) is 0 Å². The minimum Gasteiger partial charge on any atom is -0.744 e. The number of rotatable bonds is 14. The summed E-state index contributed by atoms with van der Waals surface area (Å²) in [5, 5.41) is 45.0. The van der Waals surface area contributed by atoms with E-state index in [9.17, 15) is 71.7 Å². The second kappa shape index (κ2) is 22.7. The van der Waals surface area contributed by atoms with Crippen LogP contribution in [0.2, 0.25) is 0 Å². The van der Waals surface area contributed by atoms with Gasteiger partial charge in [0.15, 0.2) is 11.5 Å². The number of hydrogen-bond acceptors (Lipinski definition) is 19. The van der Waals surface area contributed by atoms with Crippen LogP contribution in [0.25, 0.3) is 21.5 Å². The second-order valence-corrected chi connectivity index (χ2v) is 20.9. The zero-order valence-electron chi connectivity index (χ0n) is 38.5. The predicted octanol–water partition coefficient (Wildman–Crippen LogP) is 2.79. The van der Waals surface area contributed by atoms with Crippen LogP contribution in [0.15, 0.2) is 186 Å². The smallest absolute Gasteiger partial charge is 0.744 e. The van der Waals surface area contributed by atoms with Crippen molar-refractivity contribution in [2.45, 2.75) is 19.6 Å². The SMILES string of the molecule is O=C(Nc1cc(S(=O)(=O)[O-])cc2cc(S(=O)(=O)[O-])c(N=Nc3ccc(Nc4ccc(N=Nc5c(S(=O)(=O)O)cc6cc(S(=O)(=O)O)cc(NC(=O)c7ccccc7)c6c5O)cc4)cc3)c(O)c12)c1ccccc1.[Na+].[Na+]. The van der Waals surface area contributed by atoms with Gasteiger partial charge in [0.05, 0.1) is 37.4 Å². The third-order valence-corrected chi connectivity index (χ3v) is 13.9. The molecule has 0 saturated heterocycles. The van der Waals surface area contributed by atoms with E-state index in [-0.39, 0.29) is 103 Å². The van der Waals surface area contributed by atoms with Gasteiger partial charge in [-0.05, 0) is 120 Å². The van der Waals surface area contributed by atoms with Gasteiger partial charge >= 0.3 is 59.1 Å². The topological polar surface area (TPSA) is 383 Å². The third-order valence-electron chi connectivity index (χ3n) is 10.5. The van der Waals surface area contributed by atoms with Crippen molar-refractivity contribution in [3.8, 4) is 11.5 Å². The Balaban J connectivity index is 0.00000457. The summed E-state index contributed by atoms with van der Waals surface area (Å²) in [6, 6.07) is 31.4. The average Bonchev–Trinajstić information content (AvgIpc) is 3.33. The Morgan fingerprint density at radius 3 is 1.23 bits per heavy atom. The van der Waals surface area contributed by atoms with E-state index in [1.807, 2.05) is 0 Å². The van der Waals surface area contributed by atoms with Gasteiger partial charge in [0.2, 0.25) is 0 Å². The Morgan fingerprint density at radius 1 is 0.453 bits per heavy atom. The van der Waals surface area contributed by atoms with Crippen molar-refractivity contribution in [1.82, 2.24) is 0 Å². The first-order valence-corrected chi connectivity index (χ1v) is 26.1. The van der Waals surface area contributed by atoms with Gasteiger partial charge < -0.3 is 35.3 Å². The molecule has 8 aromatic carbocycles.